The van der Waals surface area contributed by atoms with Crippen LogP contribution in [0.3, 0.4) is 0 Å². The molecule has 104 valence electrons. The van der Waals surface area contributed by atoms with Gasteiger partial charge in [-0.25, -0.2) is 13.1 Å². The van der Waals surface area contributed by atoms with E-state index in [1.54, 1.807) is 7.11 Å². The Kier molecular flexibility index (Phi) is 11.1. The van der Waals surface area contributed by atoms with Gasteiger partial charge in [0, 0.05) is 19.7 Å². The number of methoxy groups -OCH3 is 1. The van der Waals surface area contributed by atoms with Crippen LogP contribution in [0.4, 0.5) is 0 Å². The molecular weight excluding hydrogens is 359 g/mol. The fraction of sp³-hybridized carbons (Fsp3) is 0.875. The molecule has 9 heteroatoms. The minimum Gasteiger partial charge on any atom is -0.383 e. The molecule has 0 aliphatic heterocycles. The molecule has 0 aliphatic carbocycles. The smallest absolute Gasteiger partial charge is 0.208 e. The lowest BCUT2D eigenvalue weighted by molar-refractivity contribution is 0.179. The standard InChI is InChI=1S/C8H20N4O3S.HI/c1-7(6-15-2)12-8(9)10-4-5-11-16(3,13)14;/h7,11H,4-6H2,1-3H3,(H3,9,10,12);1H. The van der Waals surface area contributed by atoms with E-state index in [2.05, 4.69) is 15.0 Å². The van der Waals surface area contributed by atoms with Crippen LogP contribution >= 0.6 is 24.0 Å². The summed E-state index contributed by atoms with van der Waals surface area (Å²) < 4.78 is 28.7. The van der Waals surface area contributed by atoms with Crippen molar-refractivity contribution in [1.82, 2.24) is 10.0 Å². The van der Waals surface area contributed by atoms with Crippen LogP contribution in [0.2, 0.25) is 0 Å². The lowest BCUT2D eigenvalue weighted by atomic mass is 10.4. The Balaban J connectivity index is 0. The summed E-state index contributed by atoms with van der Waals surface area (Å²) in [6, 6.07) is 0.0663. The van der Waals surface area contributed by atoms with Crippen LogP contribution in [-0.2, 0) is 14.8 Å². The van der Waals surface area contributed by atoms with Gasteiger partial charge in [-0.05, 0) is 6.92 Å². The summed E-state index contributed by atoms with van der Waals surface area (Å²) >= 11 is 0. The second kappa shape index (κ2) is 9.85. The van der Waals surface area contributed by atoms with E-state index < -0.39 is 10.0 Å². The topological polar surface area (TPSA) is 106 Å². The Morgan fingerprint density at radius 1 is 1.53 bits per heavy atom. The fourth-order valence-electron chi connectivity index (χ4n) is 0.997. The summed E-state index contributed by atoms with van der Waals surface area (Å²) in [4.78, 5) is 3.95. The first-order valence-corrected chi connectivity index (χ1v) is 6.74. The lowest BCUT2D eigenvalue weighted by Gasteiger charge is -2.12. The van der Waals surface area contributed by atoms with E-state index in [9.17, 15) is 8.42 Å². The van der Waals surface area contributed by atoms with Crippen molar-refractivity contribution < 1.29 is 13.2 Å². The summed E-state index contributed by atoms with van der Waals surface area (Å²) in [6.07, 6.45) is 1.10. The van der Waals surface area contributed by atoms with Crippen LogP contribution < -0.4 is 15.8 Å². The SMILES string of the molecule is COCC(C)NC(N)=NCCNS(C)(=O)=O.I. The van der Waals surface area contributed by atoms with Crippen LogP contribution in [-0.4, -0.2) is 53.5 Å². The molecule has 0 rings (SSSR count). The van der Waals surface area contributed by atoms with Gasteiger partial charge in [-0.2, -0.15) is 0 Å². The molecule has 0 amide bonds. The Morgan fingerprint density at radius 3 is 2.59 bits per heavy atom. The highest BCUT2D eigenvalue weighted by Gasteiger charge is 2.01. The van der Waals surface area contributed by atoms with Crippen molar-refractivity contribution in [2.75, 3.05) is 33.1 Å². The summed E-state index contributed by atoms with van der Waals surface area (Å²) in [5.41, 5.74) is 5.56. The van der Waals surface area contributed by atoms with Crippen molar-refractivity contribution in [1.29, 1.82) is 0 Å². The molecule has 17 heavy (non-hydrogen) atoms. The number of nitrogens with zero attached hydrogens (tertiary/aromatic N) is 1. The third-order valence-electron chi connectivity index (χ3n) is 1.57. The first-order valence-electron chi connectivity index (χ1n) is 4.85. The molecule has 4 N–H and O–H groups in total. The van der Waals surface area contributed by atoms with Crippen molar-refractivity contribution in [2.24, 2.45) is 10.7 Å². The third-order valence-corrected chi connectivity index (χ3v) is 2.30. The largest absolute Gasteiger partial charge is 0.383 e. The van der Waals surface area contributed by atoms with Gasteiger partial charge in [0.1, 0.15) is 0 Å². The number of aliphatic imine (C=N–C) groups is 1. The summed E-state index contributed by atoms with van der Waals surface area (Å²) in [5.74, 6) is 0.278. The van der Waals surface area contributed by atoms with Gasteiger partial charge < -0.3 is 15.8 Å². The van der Waals surface area contributed by atoms with E-state index in [0.717, 1.165) is 6.26 Å². The molecule has 0 aliphatic rings. The molecule has 0 aromatic carbocycles. The van der Waals surface area contributed by atoms with Gasteiger partial charge in [0.25, 0.3) is 0 Å². The first-order chi connectivity index (χ1) is 7.35. The predicted octanol–water partition coefficient (Wildman–Crippen LogP) is -0.907. The molecule has 0 radical (unpaired) electrons. The molecule has 0 saturated carbocycles. The number of hydrogen-bond acceptors (Lipinski definition) is 4. The molecule has 1 atom stereocenters. The van der Waals surface area contributed by atoms with Gasteiger partial charge in [0.05, 0.1) is 19.4 Å². The number of nitrogens with one attached hydrogen (secondary N) is 2. The highest BCUT2D eigenvalue weighted by atomic mass is 127. The minimum absolute atomic E-state index is 0. The molecule has 0 spiro atoms. The minimum atomic E-state index is -3.15. The fourth-order valence-corrected chi connectivity index (χ4v) is 1.46. The Labute approximate surface area is 120 Å². The molecule has 0 aromatic rings. The predicted molar refractivity (Wildman–Crippen MR) is 79.2 cm³/mol. The van der Waals surface area contributed by atoms with Crippen LogP contribution in [0.15, 0.2) is 4.99 Å². The summed E-state index contributed by atoms with van der Waals surface area (Å²) in [7, 11) is -1.56. The molecule has 0 fully saturated rings. The van der Waals surface area contributed by atoms with E-state index in [4.69, 9.17) is 10.5 Å². The molecule has 0 saturated heterocycles. The Hall–Kier alpha value is -0.130. The van der Waals surface area contributed by atoms with E-state index >= 15 is 0 Å². The molecule has 0 heterocycles. The van der Waals surface area contributed by atoms with Gasteiger partial charge in [-0.3, -0.25) is 4.99 Å². The van der Waals surface area contributed by atoms with E-state index in [-0.39, 0.29) is 42.5 Å². The average molecular weight is 380 g/mol. The highest BCUT2D eigenvalue weighted by molar-refractivity contribution is 14.0. The highest BCUT2D eigenvalue weighted by Crippen LogP contribution is 1.81. The van der Waals surface area contributed by atoms with Gasteiger partial charge in [0.15, 0.2) is 5.96 Å². The zero-order valence-electron chi connectivity index (χ0n) is 10.3. The van der Waals surface area contributed by atoms with E-state index in [1.165, 1.54) is 0 Å². The van der Waals surface area contributed by atoms with Gasteiger partial charge >= 0.3 is 0 Å². The maximum atomic E-state index is 10.7. The molecular formula is C8H21IN4O3S. The maximum absolute atomic E-state index is 10.7. The number of halogens is 1. The number of hydrogen-bond donors (Lipinski definition) is 3. The van der Waals surface area contributed by atoms with Gasteiger partial charge in [-0.1, -0.05) is 0 Å². The van der Waals surface area contributed by atoms with Crippen LogP contribution in [0.1, 0.15) is 6.92 Å². The first kappa shape index (κ1) is 19.2. The second-order valence-electron chi connectivity index (χ2n) is 3.43. The van der Waals surface area contributed by atoms with Crippen molar-refractivity contribution in [3.05, 3.63) is 0 Å². The molecule has 0 bridgehead atoms. The summed E-state index contributed by atoms with van der Waals surface area (Å²) in [5, 5.41) is 2.90. The zero-order valence-corrected chi connectivity index (χ0v) is 13.4. The lowest BCUT2D eigenvalue weighted by Crippen LogP contribution is -2.41. The normalized spacial score (nSPS) is 13.9. The number of ether oxygens (including phenoxy) is 1. The Morgan fingerprint density at radius 2 is 2.12 bits per heavy atom. The Bertz CT molecular complexity index is 321. The van der Waals surface area contributed by atoms with Crippen LogP contribution in [0, 0.1) is 0 Å². The molecule has 7 nitrogen and oxygen atoms in total. The summed E-state index contributed by atoms with van der Waals surface area (Å²) in [6.45, 7) is 2.96. The van der Waals surface area contributed by atoms with Crippen molar-refractivity contribution >= 4 is 40.0 Å². The van der Waals surface area contributed by atoms with Crippen LogP contribution in [0.5, 0.6) is 0 Å². The average Bonchev–Trinajstić information content (AvgIpc) is 2.11. The number of sulfonamides is 1. The number of nitrogens with two attached hydrogens (primary N) is 1. The van der Waals surface area contributed by atoms with Crippen molar-refractivity contribution in [3.63, 3.8) is 0 Å². The quantitative estimate of drug-likeness (QED) is 0.230. The second-order valence-corrected chi connectivity index (χ2v) is 5.27. The van der Waals surface area contributed by atoms with E-state index in [0.29, 0.717) is 13.2 Å². The van der Waals surface area contributed by atoms with Crippen molar-refractivity contribution in [3.8, 4) is 0 Å². The molecule has 0 aromatic heterocycles. The number of rotatable bonds is 7. The van der Waals surface area contributed by atoms with Crippen LogP contribution in [0.25, 0.3) is 0 Å². The third kappa shape index (κ3) is 13.8. The number of guanidine groups is 1. The van der Waals surface area contributed by atoms with Crippen molar-refractivity contribution in [2.45, 2.75) is 13.0 Å². The zero-order chi connectivity index (χ0) is 12.6. The van der Waals surface area contributed by atoms with Gasteiger partial charge in [0.2, 0.25) is 10.0 Å². The molecule has 1 unspecified atom stereocenters. The van der Waals surface area contributed by atoms with E-state index in [1.807, 2.05) is 6.92 Å². The maximum Gasteiger partial charge on any atom is 0.208 e. The monoisotopic (exact) mass is 380 g/mol. The van der Waals surface area contributed by atoms with Gasteiger partial charge in [-0.15, -0.1) is 24.0 Å².